The van der Waals surface area contributed by atoms with Crippen molar-refractivity contribution in [3.8, 4) is 0 Å². The van der Waals surface area contributed by atoms with Crippen molar-refractivity contribution in [3.63, 3.8) is 0 Å². The number of benzene rings is 1. The minimum atomic E-state index is -0.0377. The van der Waals surface area contributed by atoms with Gasteiger partial charge in [0.1, 0.15) is 5.69 Å². The summed E-state index contributed by atoms with van der Waals surface area (Å²) in [5.74, 6) is 2.82. The van der Waals surface area contributed by atoms with E-state index in [2.05, 4.69) is 41.5 Å². The maximum atomic E-state index is 13.0. The van der Waals surface area contributed by atoms with Gasteiger partial charge in [-0.05, 0) is 94.1 Å². The highest BCUT2D eigenvalue weighted by Gasteiger charge is 2.51. The Morgan fingerprint density at radius 1 is 1.10 bits per heavy atom. The molecule has 1 atom stereocenters. The van der Waals surface area contributed by atoms with Gasteiger partial charge in [0, 0.05) is 22.5 Å². The Kier molecular flexibility index (Phi) is 4.03. The number of amides is 1. The predicted octanol–water partition coefficient (Wildman–Crippen LogP) is 5.75. The first-order chi connectivity index (χ1) is 14.5. The number of hydrogen-bond acceptors (Lipinski definition) is 2. The van der Waals surface area contributed by atoms with Crippen molar-refractivity contribution in [1.29, 1.82) is 0 Å². The molecule has 2 aromatic heterocycles. The SMILES string of the molecule is Cc1ccc2ccc3cc(C(=O)N[C@@H](C)CC45CC6CC(CC(C6)C4)C5)nc3c2[nH]1. The minimum absolute atomic E-state index is 0.0377. The summed E-state index contributed by atoms with van der Waals surface area (Å²) in [6.45, 7) is 4.23. The summed E-state index contributed by atoms with van der Waals surface area (Å²) in [6.07, 6.45) is 9.69. The molecule has 4 saturated carbocycles. The molecule has 0 aliphatic heterocycles. The highest BCUT2D eigenvalue weighted by molar-refractivity contribution is 6.07. The largest absolute Gasteiger partial charge is 0.357 e. The summed E-state index contributed by atoms with van der Waals surface area (Å²) >= 11 is 0. The standard InChI is InChI=1S/C26H31N3O/c1-15-3-4-20-5-6-21-10-22(29-24(21)23(20)27-15)25(30)28-16(2)11-26-12-17-7-18(13-26)9-19(8-17)14-26/h3-6,10,16-19,27H,7-9,11-14H2,1-2H3,(H,28,30)/t16-,17?,18?,19?,26?/m0/s1. The molecule has 4 aliphatic rings. The fraction of sp³-hybridized carbons (Fsp3) is 0.538. The Morgan fingerprint density at radius 3 is 2.43 bits per heavy atom. The molecule has 0 unspecified atom stereocenters. The van der Waals surface area contributed by atoms with Crippen molar-refractivity contribution >= 4 is 27.7 Å². The Bertz CT molecular complexity index is 1110. The van der Waals surface area contributed by atoms with Gasteiger partial charge in [-0.15, -0.1) is 0 Å². The highest BCUT2D eigenvalue weighted by Crippen LogP contribution is 2.61. The molecule has 2 N–H and O–H groups in total. The molecule has 30 heavy (non-hydrogen) atoms. The third kappa shape index (κ3) is 3.03. The van der Waals surface area contributed by atoms with Crippen LogP contribution in [0, 0.1) is 30.1 Å². The van der Waals surface area contributed by atoms with E-state index in [1.54, 1.807) is 0 Å². The number of rotatable bonds is 4. The van der Waals surface area contributed by atoms with Gasteiger partial charge in [0.25, 0.3) is 5.91 Å². The van der Waals surface area contributed by atoms with Crippen LogP contribution in [-0.2, 0) is 0 Å². The molecule has 3 aromatic rings. The van der Waals surface area contributed by atoms with Gasteiger partial charge in [-0.2, -0.15) is 0 Å². The van der Waals surface area contributed by atoms with Crippen LogP contribution in [0.1, 0.15) is 68.1 Å². The average molecular weight is 402 g/mol. The second-order valence-electron chi connectivity index (χ2n) is 10.7. The van der Waals surface area contributed by atoms with Crippen LogP contribution < -0.4 is 5.32 Å². The summed E-state index contributed by atoms with van der Waals surface area (Å²) in [6, 6.07) is 10.4. The van der Waals surface area contributed by atoms with Crippen LogP contribution in [0.2, 0.25) is 0 Å². The van der Waals surface area contributed by atoms with E-state index in [4.69, 9.17) is 4.98 Å². The number of pyridine rings is 1. The zero-order valence-corrected chi connectivity index (χ0v) is 18.0. The number of aryl methyl sites for hydroxylation is 1. The fourth-order valence-corrected chi connectivity index (χ4v) is 7.54. The summed E-state index contributed by atoms with van der Waals surface area (Å²) in [5.41, 5.74) is 4.00. The number of carbonyl (C=O) groups excluding carboxylic acids is 1. The van der Waals surface area contributed by atoms with Crippen LogP contribution >= 0.6 is 0 Å². The molecular weight excluding hydrogens is 370 g/mol. The van der Waals surface area contributed by atoms with Gasteiger partial charge in [0.2, 0.25) is 0 Å². The van der Waals surface area contributed by atoms with Gasteiger partial charge in [-0.3, -0.25) is 4.79 Å². The maximum Gasteiger partial charge on any atom is 0.270 e. The van der Waals surface area contributed by atoms with Crippen LogP contribution in [0.25, 0.3) is 21.8 Å². The van der Waals surface area contributed by atoms with E-state index < -0.39 is 0 Å². The number of fused-ring (bicyclic) bond motifs is 3. The minimum Gasteiger partial charge on any atom is -0.357 e. The number of hydrogen-bond donors (Lipinski definition) is 2. The molecule has 7 rings (SSSR count). The van der Waals surface area contributed by atoms with Crippen molar-refractivity contribution in [2.45, 2.75) is 64.8 Å². The smallest absolute Gasteiger partial charge is 0.270 e. The Hall–Kier alpha value is -2.36. The van der Waals surface area contributed by atoms with Gasteiger partial charge in [0.05, 0.1) is 11.0 Å². The summed E-state index contributed by atoms with van der Waals surface area (Å²) in [5, 5.41) is 5.42. The van der Waals surface area contributed by atoms with Crippen LogP contribution in [0.3, 0.4) is 0 Å². The molecular formula is C26H31N3O. The molecule has 1 amide bonds. The number of aromatic nitrogens is 2. The third-order valence-electron chi connectivity index (χ3n) is 8.12. The van der Waals surface area contributed by atoms with Gasteiger partial charge < -0.3 is 10.3 Å². The summed E-state index contributed by atoms with van der Waals surface area (Å²) in [7, 11) is 0. The second-order valence-corrected chi connectivity index (χ2v) is 10.7. The maximum absolute atomic E-state index is 13.0. The first-order valence-corrected chi connectivity index (χ1v) is 11.7. The highest BCUT2D eigenvalue weighted by atomic mass is 16.1. The van der Waals surface area contributed by atoms with Crippen molar-refractivity contribution in [3.05, 3.63) is 41.7 Å². The van der Waals surface area contributed by atoms with Crippen molar-refractivity contribution < 1.29 is 4.79 Å². The monoisotopic (exact) mass is 401 g/mol. The number of H-pyrrole nitrogens is 1. The number of carbonyl (C=O) groups is 1. The third-order valence-corrected chi connectivity index (χ3v) is 8.12. The molecule has 0 radical (unpaired) electrons. The molecule has 4 nitrogen and oxygen atoms in total. The molecule has 2 heterocycles. The van der Waals surface area contributed by atoms with E-state index in [0.717, 1.165) is 51.7 Å². The van der Waals surface area contributed by atoms with Crippen LogP contribution in [0.5, 0.6) is 0 Å². The lowest BCUT2D eigenvalue weighted by Gasteiger charge is -2.57. The van der Waals surface area contributed by atoms with Crippen LogP contribution in [-0.4, -0.2) is 21.9 Å². The second kappa shape index (κ2) is 6.57. The van der Waals surface area contributed by atoms with E-state index in [1.165, 1.54) is 38.5 Å². The Balaban J connectivity index is 1.21. The van der Waals surface area contributed by atoms with E-state index in [9.17, 15) is 4.79 Å². The number of aromatic amines is 1. The number of nitrogens with zero attached hydrogens (tertiary/aromatic N) is 1. The summed E-state index contributed by atoms with van der Waals surface area (Å²) in [4.78, 5) is 21.2. The molecule has 4 bridgehead atoms. The lowest BCUT2D eigenvalue weighted by atomic mass is 9.48. The van der Waals surface area contributed by atoms with E-state index in [-0.39, 0.29) is 11.9 Å². The van der Waals surface area contributed by atoms with Gasteiger partial charge in [0.15, 0.2) is 0 Å². The van der Waals surface area contributed by atoms with E-state index >= 15 is 0 Å². The molecule has 0 saturated heterocycles. The first kappa shape index (κ1) is 18.4. The molecule has 156 valence electrons. The van der Waals surface area contributed by atoms with Crippen LogP contribution in [0.4, 0.5) is 0 Å². The molecule has 1 aromatic carbocycles. The van der Waals surface area contributed by atoms with Crippen molar-refractivity contribution in [2.24, 2.45) is 23.2 Å². The first-order valence-electron chi connectivity index (χ1n) is 11.7. The van der Waals surface area contributed by atoms with E-state index in [1.807, 2.05) is 13.0 Å². The Morgan fingerprint density at radius 2 is 1.73 bits per heavy atom. The normalized spacial score (nSPS) is 30.8. The average Bonchev–Trinajstić information content (AvgIpc) is 3.11. The molecule has 0 spiro atoms. The lowest BCUT2D eigenvalue weighted by Crippen LogP contribution is -2.49. The van der Waals surface area contributed by atoms with Gasteiger partial charge >= 0.3 is 0 Å². The van der Waals surface area contributed by atoms with Gasteiger partial charge in [-0.25, -0.2) is 4.98 Å². The topological polar surface area (TPSA) is 57.8 Å². The number of nitrogens with one attached hydrogen (secondary N) is 2. The molecule has 4 aliphatic carbocycles. The zero-order chi connectivity index (χ0) is 20.5. The molecule has 4 heteroatoms. The quantitative estimate of drug-likeness (QED) is 0.585. The van der Waals surface area contributed by atoms with Crippen LogP contribution in [0.15, 0.2) is 30.3 Å². The summed E-state index contributed by atoms with van der Waals surface area (Å²) < 4.78 is 0. The lowest BCUT2D eigenvalue weighted by molar-refractivity contribution is -0.0607. The van der Waals surface area contributed by atoms with Crippen molar-refractivity contribution in [2.75, 3.05) is 0 Å². The Labute approximate surface area is 177 Å². The molecule has 4 fully saturated rings. The van der Waals surface area contributed by atoms with Gasteiger partial charge in [-0.1, -0.05) is 18.2 Å². The van der Waals surface area contributed by atoms with Crippen molar-refractivity contribution in [1.82, 2.24) is 15.3 Å². The predicted molar refractivity (Wildman–Crippen MR) is 120 cm³/mol. The fourth-order valence-electron chi connectivity index (χ4n) is 7.54. The zero-order valence-electron chi connectivity index (χ0n) is 18.0. The van der Waals surface area contributed by atoms with E-state index in [0.29, 0.717) is 11.1 Å².